The highest BCUT2D eigenvalue weighted by Gasteiger charge is 2.28. The Balaban J connectivity index is 2.11. The topological polar surface area (TPSA) is 74.8 Å². The molecule has 1 amide bonds. The summed E-state index contributed by atoms with van der Waals surface area (Å²) in [7, 11) is 1.75. The Morgan fingerprint density at radius 2 is 1.82 bits per heavy atom. The van der Waals surface area contributed by atoms with Gasteiger partial charge in [0.1, 0.15) is 0 Å². The Kier molecular flexibility index (Phi) is 8.89. The van der Waals surface area contributed by atoms with Gasteiger partial charge in [0.15, 0.2) is 5.96 Å². The lowest BCUT2D eigenvalue weighted by molar-refractivity contribution is -0.122. The van der Waals surface area contributed by atoms with Crippen LogP contribution in [0.25, 0.3) is 0 Å². The van der Waals surface area contributed by atoms with Crippen LogP contribution in [0.5, 0.6) is 0 Å². The highest BCUT2D eigenvalue weighted by atomic mass is 16.5. The van der Waals surface area contributed by atoms with Gasteiger partial charge < -0.3 is 20.7 Å². The zero-order valence-electron chi connectivity index (χ0n) is 14.4. The summed E-state index contributed by atoms with van der Waals surface area (Å²) in [6.45, 7) is 9.25. The monoisotopic (exact) mass is 312 g/mol. The van der Waals surface area contributed by atoms with Crippen LogP contribution in [-0.2, 0) is 9.53 Å². The third-order valence-corrected chi connectivity index (χ3v) is 3.73. The van der Waals surface area contributed by atoms with Crippen molar-refractivity contribution in [1.29, 1.82) is 0 Å². The molecule has 0 spiro atoms. The highest BCUT2D eigenvalue weighted by Crippen LogP contribution is 2.28. The molecule has 1 aliphatic carbocycles. The van der Waals surface area contributed by atoms with Crippen molar-refractivity contribution in [3.8, 4) is 0 Å². The molecule has 1 rings (SSSR count). The molecule has 0 aromatic carbocycles. The van der Waals surface area contributed by atoms with Crippen molar-refractivity contribution in [2.45, 2.75) is 46.1 Å². The molecule has 128 valence electrons. The van der Waals surface area contributed by atoms with E-state index in [1.807, 2.05) is 6.92 Å². The number of guanidine groups is 1. The Bertz CT molecular complexity index is 354. The minimum absolute atomic E-state index is 0.182. The first-order valence-electron chi connectivity index (χ1n) is 8.42. The first kappa shape index (κ1) is 18.7. The van der Waals surface area contributed by atoms with Crippen LogP contribution in [0.1, 0.15) is 40.0 Å². The normalized spacial score (nSPS) is 16.5. The standard InChI is InChI=1S/C16H32N4O2/c1-5-22-14(12(2)3)8-9-19-16(17-4)20-11-10-18-15(21)13-6-7-13/h12-14H,5-11H2,1-4H3,(H,18,21)(H2,17,19,20). The minimum Gasteiger partial charge on any atom is -0.378 e. The fourth-order valence-corrected chi connectivity index (χ4v) is 2.23. The molecule has 1 atom stereocenters. The molecule has 1 fully saturated rings. The number of rotatable bonds is 10. The Hall–Kier alpha value is -1.30. The molecule has 1 unspecified atom stereocenters. The van der Waals surface area contributed by atoms with E-state index in [0.717, 1.165) is 38.4 Å². The first-order valence-corrected chi connectivity index (χ1v) is 8.42. The maximum atomic E-state index is 11.5. The molecular weight excluding hydrogens is 280 g/mol. The molecule has 6 nitrogen and oxygen atoms in total. The van der Waals surface area contributed by atoms with Crippen LogP contribution in [-0.4, -0.2) is 51.3 Å². The Morgan fingerprint density at radius 3 is 2.36 bits per heavy atom. The summed E-state index contributed by atoms with van der Waals surface area (Å²) in [5, 5.41) is 9.41. The van der Waals surface area contributed by atoms with E-state index in [2.05, 4.69) is 34.8 Å². The second kappa shape index (κ2) is 10.4. The molecule has 6 heteroatoms. The molecule has 22 heavy (non-hydrogen) atoms. The molecular formula is C16H32N4O2. The van der Waals surface area contributed by atoms with Crippen LogP contribution in [0.3, 0.4) is 0 Å². The van der Waals surface area contributed by atoms with Crippen molar-refractivity contribution in [1.82, 2.24) is 16.0 Å². The van der Waals surface area contributed by atoms with E-state index in [-0.39, 0.29) is 17.9 Å². The second-order valence-electron chi connectivity index (χ2n) is 6.02. The number of carbonyl (C=O) groups is 1. The van der Waals surface area contributed by atoms with E-state index in [9.17, 15) is 4.79 Å². The number of ether oxygens (including phenoxy) is 1. The Labute approximate surface area is 134 Å². The van der Waals surface area contributed by atoms with Crippen molar-refractivity contribution < 1.29 is 9.53 Å². The molecule has 0 bridgehead atoms. The molecule has 0 heterocycles. The van der Waals surface area contributed by atoms with Crippen molar-refractivity contribution in [3.63, 3.8) is 0 Å². The van der Waals surface area contributed by atoms with Gasteiger partial charge in [0, 0.05) is 39.2 Å². The van der Waals surface area contributed by atoms with Crippen LogP contribution in [0.4, 0.5) is 0 Å². The smallest absolute Gasteiger partial charge is 0.223 e. The van der Waals surface area contributed by atoms with Crippen LogP contribution >= 0.6 is 0 Å². The summed E-state index contributed by atoms with van der Waals surface area (Å²) in [6.07, 6.45) is 3.30. The lowest BCUT2D eigenvalue weighted by Gasteiger charge is -2.21. The van der Waals surface area contributed by atoms with Gasteiger partial charge in [-0.15, -0.1) is 0 Å². The molecule has 0 aliphatic heterocycles. The average Bonchev–Trinajstić information content (AvgIpc) is 3.32. The largest absolute Gasteiger partial charge is 0.378 e. The van der Waals surface area contributed by atoms with Gasteiger partial charge in [-0.2, -0.15) is 0 Å². The van der Waals surface area contributed by atoms with Gasteiger partial charge >= 0.3 is 0 Å². The van der Waals surface area contributed by atoms with Crippen LogP contribution in [0.2, 0.25) is 0 Å². The predicted molar refractivity (Wildman–Crippen MR) is 90.0 cm³/mol. The Morgan fingerprint density at radius 1 is 1.18 bits per heavy atom. The van der Waals surface area contributed by atoms with Gasteiger partial charge in [-0.25, -0.2) is 0 Å². The fraction of sp³-hybridized carbons (Fsp3) is 0.875. The highest BCUT2D eigenvalue weighted by molar-refractivity contribution is 5.81. The van der Waals surface area contributed by atoms with Gasteiger partial charge in [-0.05, 0) is 32.1 Å². The van der Waals surface area contributed by atoms with Gasteiger partial charge in [0.2, 0.25) is 5.91 Å². The van der Waals surface area contributed by atoms with Gasteiger partial charge in [0.25, 0.3) is 0 Å². The predicted octanol–water partition coefficient (Wildman–Crippen LogP) is 1.13. The minimum atomic E-state index is 0.182. The number of aliphatic imine (C=N–C) groups is 1. The van der Waals surface area contributed by atoms with E-state index in [1.165, 1.54) is 0 Å². The van der Waals surface area contributed by atoms with Crippen LogP contribution in [0.15, 0.2) is 4.99 Å². The number of nitrogens with one attached hydrogen (secondary N) is 3. The molecule has 1 aliphatic rings. The number of hydrogen-bond donors (Lipinski definition) is 3. The van der Waals surface area contributed by atoms with Crippen molar-refractivity contribution in [2.24, 2.45) is 16.8 Å². The number of amides is 1. The zero-order valence-corrected chi connectivity index (χ0v) is 14.4. The summed E-state index contributed by atoms with van der Waals surface area (Å²) in [5.74, 6) is 1.72. The van der Waals surface area contributed by atoms with E-state index >= 15 is 0 Å². The van der Waals surface area contributed by atoms with E-state index in [4.69, 9.17) is 4.74 Å². The second-order valence-corrected chi connectivity index (χ2v) is 6.02. The fourth-order valence-electron chi connectivity index (χ4n) is 2.23. The van der Waals surface area contributed by atoms with Gasteiger partial charge in [-0.1, -0.05) is 13.8 Å². The maximum Gasteiger partial charge on any atom is 0.223 e. The molecule has 0 aromatic rings. The molecule has 3 N–H and O–H groups in total. The van der Waals surface area contributed by atoms with Crippen LogP contribution in [0, 0.1) is 11.8 Å². The summed E-state index contributed by atoms with van der Waals surface area (Å²) < 4.78 is 5.72. The average molecular weight is 312 g/mol. The summed E-state index contributed by atoms with van der Waals surface area (Å²) in [6, 6.07) is 0. The van der Waals surface area contributed by atoms with Crippen LogP contribution < -0.4 is 16.0 Å². The number of carbonyl (C=O) groups excluding carboxylic acids is 1. The summed E-state index contributed by atoms with van der Waals surface area (Å²) in [4.78, 5) is 15.7. The SMILES string of the molecule is CCOC(CCNC(=NC)NCCNC(=O)C1CC1)C(C)C. The first-order chi connectivity index (χ1) is 10.6. The van der Waals surface area contributed by atoms with Gasteiger partial charge in [-0.3, -0.25) is 9.79 Å². The third kappa shape index (κ3) is 7.64. The van der Waals surface area contributed by atoms with E-state index in [0.29, 0.717) is 19.0 Å². The van der Waals surface area contributed by atoms with Crippen molar-refractivity contribution >= 4 is 11.9 Å². The molecule has 0 saturated heterocycles. The molecule has 1 saturated carbocycles. The quantitative estimate of drug-likeness (QED) is 0.321. The van der Waals surface area contributed by atoms with E-state index in [1.54, 1.807) is 7.05 Å². The number of hydrogen-bond acceptors (Lipinski definition) is 3. The van der Waals surface area contributed by atoms with Gasteiger partial charge in [0.05, 0.1) is 6.10 Å². The number of nitrogens with zero attached hydrogens (tertiary/aromatic N) is 1. The van der Waals surface area contributed by atoms with Crippen molar-refractivity contribution in [2.75, 3.05) is 33.3 Å². The maximum absolute atomic E-state index is 11.5. The molecule has 0 radical (unpaired) electrons. The lowest BCUT2D eigenvalue weighted by Crippen LogP contribution is -2.42. The van der Waals surface area contributed by atoms with E-state index < -0.39 is 0 Å². The molecule has 0 aromatic heterocycles. The summed E-state index contributed by atoms with van der Waals surface area (Å²) >= 11 is 0. The lowest BCUT2D eigenvalue weighted by atomic mass is 10.0. The zero-order chi connectivity index (χ0) is 16.4. The summed E-state index contributed by atoms with van der Waals surface area (Å²) in [5.41, 5.74) is 0. The van der Waals surface area contributed by atoms with Crippen molar-refractivity contribution in [3.05, 3.63) is 0 Å². The third-order valence-electron chi connectivity index (χ3n) is 3.73.